The molecule has 0 spiro atoms. The summed E-state index contributed by atoms with van der Waals surface area (Å²) in [5.74, 6) is -0.784. The minimum atomic E-state index is -0.540. The van der Waals surface area contributed by atoms with Crippen LogP contribution in [0.3, 0.4) is 0 Å². The maximum absolute atomic E-state index is 13.1. The van der Waals surface area contributed by atoms with Gasteiger partial charge in [0.05, 0.1) is 11.1 Å². The molecule has 0 saturated carbocycles. The zero-order valence-corrected chi connectivity index (χ0v) is 22.1. The first-order valence-corrected chi connectivity index (χ1v) is 12.1. The van der Waals surface area contributed by atoms with Gasteiger partial charge in [0.2, 0.25) is 0 Å². The summed E-state index contributed by atoms with van der Waals surface area (Å²) in [5, 5.41) is 15.0. The van der Waals surface area contributed by atoms with E-state index in [1.54, 1.807) is 25.1 Å². The number of nitrogens with zero attached hydrogens (tertiary/aromatic N) is 1. The number of hydrogen-bond donors (Lipinski definition) is 2. The summed E-state index contributed by atoms with van der Waals surface area (Å²) in [6, 6.07) is 16.2. The lowest BCUT2D eigenvalue weighted by Crippen LogP contribution is -2.20. The van der Waals surface area contributed by atoms with Crippen LogP contribution in [-0.4, -0.2) is 25.0 Å². The molecular weight excluding hydrogens is 541 g/mol. The minimum absolute atomic E-state index is 0.0957. The van der Waals surface area contributed by atoms with E-state index in [9.17, 15) is 19.2 Å². The van der Waals surface area contributed by atoms with Crippen LogP contribution in [0.4, 0.5) is 15.8 Å². The van der Waals surface area contributed by atoms with Crippen molar-refractivity contribution in [3.05, 3.63) is 87.2 Å². The summed E-state index contributed by atoms with van der Waals surface area (Å²) >= 11 is 3.42. The van der Waals surface area contributed by atoms with Crippen molar-refractivity contribution in [3.8, 4) is 17.6 Å². The fraction of sp³-hybridized carbons (Fsp3) is 0.179. The van der Waals surface area contributed by atoms with Crippen LogP contribution in [0.2, 0.25) is 0 Å². The topological polar surface area (TPSA) is 100 Å². The SMILES string of the molecule is CCOc1cc(/C=C(\C#N)C(=O)Nc2ccc(C)cc2C)cc(Br)c1OCC(=O)Nc1ccc(F)cc1. The molecule has 0 atom stereocenters. The van der Waals surface area contributed by atoms with Crippen LogP contribution in [0.15, 0.2) is 64.6 Å². The number of ether oxygens (including phenoxy) is 2. The number of aryl methyl sites for hydroxylation is 2. The lowest BCUT2D eigenvalue weighted by Gasteiger charge is -2.15. The molecular formula is C28H25BrFN3O4. The van der Waals surface area contributed by atoms with Crippen molar-refractivity contribution in [2.75, 3.05) is 23.8 Å². The van der Waals surface area contributed by atoms with Crippen molar-refractivity contribution >= 4 is 45.2 Å². The molecule has 3 aromatic carbocycles. The third kappa shape index (κ3) is 7.66. The van der Waals surface area contributed by atoms with E-state index in [-0.39, 0.29) is 17.9 Å². The van der Waals surface area contributed by atoms with Gasteiger partial charge in [0.15, 0.2) is 18.1 Å². The van der Waals surface area contributed by atoms with Crippen LogP contribution < -0.4 is 20.1 Å². The Morgan fingerprint density at radius 1 is 1.05 bits per heavy atom. The van der Waals surface area contributed by atoms with E-state index in [2.05, 4.69) is 26.6 Å². The highest BCUT2D eigenvalue weighted by Gasteiger charge is 2.16. The van der Waals surface area contributed by atoms with Crippen molar-refractivity contribution in [1.82, 2.24) is 0 Å². The third-order valence-corrected chi connectivity index (χ3v) is 5.70. The lowest BCUT2D eigenvalue weighted by atomic mass is 10.1. The van der Waals surface area contributed by atoms with Crippen LogP contribution in [0.1, 0.15) is 23.6 Å². The Balaban J connectivity index is 1.77. The van der Waals surface area contributed by atoms with E-state index in [1.165, 1.54) is 30.3 Å². The molecule has 7 nitrogen and oxygen atoms in total. The van der Waals surface area contributed by atoms with E-state index >= 15 is 0 Å². The summed E-state index contributed by atoms with van der Waals surface area (Å²) in [6.07, 6.45) is 1.44. The molecule has 190 valence electrons. The molecule has 0 aromatic heterocycles. The molecule has 3 rings (SSSR count). The smallest absolute Gasteiger partial charge is 0.266 e. The first kappa shape index (κ1) is 27.4. The minimum Gasteiger partial charge on any atom is -0.490 e. The summed E-state index contributed by atoms with van der Waals surface area (Å²) < 4.78 is 24.9. The molecule has 37 heavy (non-hydrogen) atoms. The predicted molar refractivity (Wildman–Crippen MR) is 144 cm³/mol. The largest absolute Gasteiger partial charge is 0.490 e. The number of rotatable bonds is 9. The Hall–Kier alpha value is -4.16. The van der Waals surface area contributed by atoms with Gasteiger partial charge < -0.3 is 20.1 Å². The standard InChI is InChI=1S/C28H25BrFN3O4/c1-4-36-25-14-19(12-20(15-31)28(35)33-24-10-5-17(2)11-18(24)3)13-23(29)27(25)37-16-26(34)32-22-8-6-21(30)7-9-22/h5-14H,4,16H2,1-3H3,(H,32,34)(H,33,35)/b20-12+. The average Bonchev–Trinajstić information content (AvgIpc) is 2.85. The summed E-state index contributed by atoms with van der Waals surface area (Å²) in [7, 11) is 0. The van der Waals surface area contributed by atoms with Crippen LogP contribution in [0, 0.1) is 31.0 Å². The van der Waals surface area contributed by atoms with Crippen LogP contribution in [-0.2, 0) is 9.59 Å². The van der Waals surface area contributed by atoms with Gasteiger partial charge >= 0.3 is 0 Å². The Morgan fingerprint density at radius 3 is 2.43 bits per heavy atom. The van der Waals surface area contributed by atoms with E-state index in [1.807, 2.05) is 32.0 Å². The Kier molecular flexibility index (Phi) is 9.41. The van der Waals surface area contributed by atoms with Crippen molar-refractivity contribution < 1.29 is 23.5 Å². The van der Waals surface area contributed by atoms with Crippen LogP contribution >= 0.6 is 15.9 Å². The molecule has 0 heterocycles. The van der Waals surface area contributed by atoms with Crippen molar-refractivity contribution in [3.63, 3.8) is 0 Å². The normalized spacial score (nSPS) is 10.9. The van der Waals surface area contributed by atoms with E-state index in [0.717, 1.165) is 11.1 Å². The number of carbonyl (C=O) groups excluding carboxylic acids is 2. The molecule has 0 aliphatic heterocycles. The maximum atomic E-state index is 13.1. The molecule has 3 aromatic rings. The summed E-state index contributed by atoms with van der Waals surface area (Å²) in [5.41, 5.74) is 3.43. The van der Waals surface area contributed by atoms with E-state index in [0.29, 0.717) is 33.8 Å². The Morgan fingerprint density at radius 2 is 1.78 bits per heavy atom. The highest BCUT2D eigenvalue weighted by Crippen LogP contribution is 2.37. The van der Waals surface area contributed by atoms with Gasteiger partial charge in [-0.3, -0.25) is 9.59 Å². The predicted octanol–water partition coefficient (Wildman–Crippen LogP) is 6.17. The Bertz CT molecular complexity index is 1380. The van der Waals surface area contributed by atoms with Gasteiger partial charge in [-0.25, -0.2) is 4.39 Å². The van der Waals surface area contributed by atoms with Gasteiger partial charge in [0, 0.05) is 11.4 Å². The Labute approximate surface area is 223 Å². The highest BCUT2D eigenvalue weighted by atomic mass is 79.9. The molecule has 0 radical (unpaired) electrons. The first-order valence-electron chi connectivity index (χ1n) is 11.3. The molecule has 2 amide bonds. The molecule has 0 fully saturated rings. The number of benzene rings is 3. The second-order valence-corrected chi connectivity index (χ2v) is 8.90. The molecule has 9 heteroatoms. The number of halogens is 2. The van der Waals surface area contributed by atoms with Gasteiger partial charge in [-0.1, -0.05) is 17.7 Å². The monoisotopic (exact) mass is 565 g/mol. The number of amides is 2. The second-order valence-electron chi connectivity index (χ2n) is 8.05. The van der Waals surface area contributed by atoms with Crippen LogP contribution in [0.25, 0.3) is 6.08 Å². The van der Waals surface area contributed by atoms with Gasteiger partial charge in [-0.2, -0.15) is 5.26 Å². The van der Waals surface area contributed by atoms with Gasteiger partial charge in [0.25, 0.3) is 11.8 Å². The van der Waals surface area contributed by atoms with Gasteiger partial charge in [-0.05, 0) is 96.4 Å². The van der Waals surface area contributed by atoms with Crippen LogP contribution in [0.5, 0.6) is 11.5 Å². The molecule has 2 N–H and O–H groups in total. The molecule has 0 bridgehead atoms. The van der Waals surface area contributed by atoms with Crippen molar-refractivity contribution in [2.24, 2.45) is 0 Å². The third-order valence-electron chi connectivity index (χ3n) is 5.11. The van der Waals surface area contributed by atoms with E-state index in [4.69, 9.17) is 9.47 Å². The summed E-state index contributed by atoms with van der Waals surface area (Å²) in [4.78, 5) is 25.1. The zero-order chi connectivity index (χ0) is 26.9. The molecule has 0 saturated heterocycles. The van der Waals surface area contributed by atoms with Crippen molar-refractivity contribution in [2.45, 2.75) is 20.8 Å². The fourth-order valence-corrected chi connectivity index (χ4v) is 3.98. The second kappa shape index (κ2) is 12.7. The number of hydrogen-bond acceptors (Lipinski definition) is 5. The first-order chi connectivity index (χ1) is 17.7. The number of nitrogens with one attached hydrogen (secondary N) is 2. The zero-order valence-electron chi connectivity index (χ0n) is 20.5. The molecule has 0 unspecified atom stereocenters. The van der Waals surface area contributed by atoms with Gasteiger partial charge in [-0.15, -0.1) is 0 Å². The molecule has 0 aliphatic carbocycles. The lowest BCUT2D eigenvalue weighted by molar-refractivity contribution is -0.118. The summed E-state index contributed by atoms with van der Waals surface area (Å²) in [6.45, 7) is 5.61. The number of carbonyl (C=O) groups is 2. The fourth-order valence-electron chi connectivity index (χ4n) is 3.40. The van der Waals surface area contributed by atoms with E-state index < -0.39 is 17.6 Å². The average molecular weight is 566 g/mol. The number of anilines is 2. The van der Waals surface area contributed by atoms with Gasteiger partial charge in [0.1, 0.15) is 17.5 Å². The highest BCUT2D eigenvalue weighted by molar-refractivity contribution is 9.10. The van der Waals surface area contributed by atoms with Crippen molar-refractivity contribution in [1.29, 1.82) is 5.26 Å². The number of nitriles is 1. The maximum Gasteiger partial charge on any atom is 0.266 e. The quantitative estimate of drug-likeness (QED) is 0.239. The molecule has 0 aliphatic rings.